The minimum atomic E-state index is -0.701. The van der Waals surface area contributed by atoms with Crippen LogP contribution in [0.4, 0.5) is 5.69 Å². The number of nitrogens with one attached hydrogen (secondary N) is 1. The van der Waals surface area contributed by atoms with E-state index in [0.29, 0.717) is 11.3 Å². The Kier molecular flexibility index (Phi) is 5.31. The topological polar surface area (TPSA) is 62.1 Å². The largest absolute Gasteiger partial charge is 0.481 e. The Balaban J connectivity index is 1.75. The number of ether oxygens (including phenoxy) is 1. The van der Waals surface area contributed by atoms with Crippen molar-refractivity contribution in [3.63, 3.8) is 0 Å². The molecule has 4 heteroatoms. The van der Waals surface area contributed by atoms with Crippen molar-refractivity contribution < 1.29 is 9.53 Å². The van der Waals surface area contributed by atoms with E-state index < -0.39 is 6.10 Å². The summed E-state index contributed by atoms with van der Waals surface area (Å²) in [6, 6.07) is 26.3. The van der Waals surface area contributed by atoms with Crippen molar-refractivity contribution in [1.29, 1.82) is 5.26 Å². The molecule has 26 heavy (non-hydrogen) atoms. The van der Waals surface area contributed by atoms with Crippen LogP contribution in [0.5, 0.6) is 5.75 Å². The number of benzene rings is 3. The van der Waals surface area contributed by atoms with Crippen LogP contribution in [0.3, 0.4) is 0 Å². The molecule has 0 bridgehead atoms. The molecule has 1 atom stereocenters. The normalized spacial score (nSPS) is 11.2. The molecular weight excluding hydrogens is 324 g/mol. The predicted molar refractivity (Wildman–Crippen MR) is 102 cm³/mol. The van der Waals surface area contributed by atoms with Gasteiger partial charge in [-0.1, -0.05) is 54.6 Å². The third kappa shape index (κ3) is 4.08. The standard InChI is InChI=1S/C22H18N2O2/c1-16(26-19-11-7-8-17(14-19)15-23)22(25)24-21-13-6-5-12-20(21)18-9-3-2-4-10-18/h2-14,16H,1H3,(H,24,25)/t16-/m0/s1. The number of carbonyl (C=O) groups is 1. The molecule has 0 aliphatic carbocycles. The van der Waals surface area contributed by atoms with Gasteiger partial charge in [0.1, 0.15) is 5.75 Å². The van der Waals surface area contributed by atoms with E-state index in [9.17, 15) is 4.79 Å². The highest BCUT2D eigenvalue weighted by molar-refractivity contribution is 5.98. The molecule has 4 nitrogen and oxygen atoms in total. The second kappa shape index (κ2) is 8.00. The highest BCUT2D eigenvalue weighted by atomic mass is 16.5. The van der Waals surface area contributed by atoms with Gasteiger partial charge >= 0.3 is 0 Å². The van der Waals surface area contributed by atoms with Gasteiger partial charge in [0, 0.05) is 11.3 Å². The first-order chi connectivity index (χ1) is 12.7. The smallest absolute Gasteiger partial charge is 0.265 e. The fraction of sp³-hybridized carbons (Fsp3) is 0.0909. The lowest BCUT2D eigenvalue weighted by molar-refractivity contribution is -0.122. The van der Waals surface area contributed by atoms with Crippen LogP contribution < -0.4 is 10.1 Å². The Hall–Kier alpha value is -3.58. The van der Waals surface area contributed by atoms with E-state index in [1.54, 1.807) is 31.2 Å². The maximum atomic E-state index is 12.6. The zero-order valence-electron chi connectivity index (χ0n) is 14.3. The molecule has 128 valence electrons. The molecule has 0 fully saturated rings. The van der Waals surface area contributed by atoms with Crippen molar-refractivity contribution in [2.45, 2.75) is 13.0 Å². The molecular formula is C22H18N2O2. The first-order valence-corrected chi connectivity index (χ1v) is 8.29. The molecule has 0 aromatic heterocycles. The van der Waals surface area contributed by atoms with Gasteiger partial charge in [0.25, 0.3) is 5.91 Å². The number of hydrogen-bond donors (Lipinski definition) is 1. The predicted octanol–water partition coefficient (Wildman–Crippen LogP) is 4.63. The van der Waals surface area contributed by atoms with Crippen LogP contribution in [0.15, 0.2) is 78.9 Å². The zero-order valence-corrected chi connectivity index (χ0v) is 14.3. The number of nitrogens with zero attached hydrogens (tertiary/aromatic N) is 1. The number of hydrogen-bond acceptors (Lipinski definition) is 3. The Bertz CT molecular complexity index is 946. The van der Waals surface area contributed by atoms with E-state index in [1.807, 2.05) is 54.6 Å². The monoisotopic (exact) mass is 342 g/mol. The van der Waals surface area contributed by atoms with Crippen LogP contribution in [0, 0.1) is 11.3 Å². The summed E-state index contributed by atoms with van der Waals surface area (Å²) in [6.45, 7) is 1.68. The Labute approximate surface area is 152 Å². The van der Waals surface area contributed by atoms with E-state index in [0.717, 1.165) is 16.8 Å². The van der Waals surface area contributed by atoms with Crippen molar-refractivity contribution >= 4 is 11.6 Å². The van der Waals surface area contributed by atoms with Crippen molar-refractivity contribution in [2.24, 2.45) is 0 Å². The summed E-state index contributed by atoms with van der Waals surface area (Å²) in [5.74, 6) is 0.235. The lowest BCUT2D eigenvalue weighted by Gasteiger charge is -2.17. The number of rotatable bonds is 5. The quantitative estimate of drug-likeness (QED) is 0.735. The van der Waals surface area contributed by atoms with Gasteiger partial charge < -0.3 is 10.1 Å². The molecule has 3 rings (SSSR count). The van der Waals surface area contributed by atoms with E-state index in [2.05, 4.69) is 11.4 Å². The highest BCUT2D eigenvalue weighted by Gasteiger charge is 2.16. The summed E-state index contributed by atoms with van der Waals surface area (Å²) in [5.41, 5.74) is 3.19. The maximum absolute atomic E-state index is 12.6. The summed E-state index contributed by atoms with van der Waals surface area (Å²) in [6.07, 6.45) is -0.701. The van der Waals surface area contributed by atoms with Crippen LogP contribution >= 0.6 is 0 Å². The van der Waals surface area contributed by atoms with Gasteiger partial charge in [0.2, 0.25) is 0 Å². The van der Waals surface area contributed by atoms with Gasteiger partial charge in [-0.25, -0.2) is 0 Å². The third-order valence-electron chi connectivity index (χ3n) is 3.91. The highest BCUT2D eigenvalue weighted by Crippen LogP contribution is 2.27. The number of carbonyl (C=O) groups excluding carboxylic acids is 1. The van der Waals surface area contributed by atoms with Gasteiger partial charge in [0.15, 0.2) is 6.10 Å². The van der Waals surface area contributed by atoms with E-state index in [-0.39, 0.29) is 5.91 Å². The number of para-hydroxylation sites is 1. The van der Waals surface area contributed by atoms with Crippen molar-refractivity contribution in [2.75, 3.05) is 5.32 Å². The fourth-order valence-electron chi connectivity index (χ4n) is 2.59. The molecule has 0 saturated carbocycles. The van der Waals surface area contributed by atoms with Gasteiger partial charge in [-0.2, -0.15) is 5.26 Å². The van der Waals surface area contributed by atoms with Crippen LogP contribution in [-0.4, -0.2) is 12.0 Å². The molecule has 0 aliphatic rings. The Morgan fingerprint density at radius 3 is 2.50 bits per heavy atom. The van der Waals surface area contributed by atoms with E-state index in [4.69, 9.17) is 10.00 Å². The van der Waals surface area contributed by atoms with Crippen molar-refractivity contribution in [1.82, 2.24) is 0 Å². The summed E-state index contributed by atoms with van der Waals surface area (Å²) < 4.78 is 5.67. The first kappa shape index (κ1) is 17.2. The maximum Gasteiger partial charge on any atom is 0.265 e. The Morgan fingerprint density at radius 1 is 1.00 bits per heavy atom. The molecule has 0 aliphatic heterocycles. The molecule has 3 aromatic rings. The minimum Gasteiger partial charge on any atom is -0.481 e. The van der Waals surface area contributed by atoms with Gasteiger partial charge in [-0.15, -0.1) is 0 Å². The first-order valence-electron chi connectivity index (χ1n) is 8.29. The lowest BCUT2D eigenvalue weighted by atomic mass is 10.0. The molecule has 0 saturated heterocycles. The van der Waals surface area contributed by atoms with E-state index >= 15 is 0 Å². The number of anilines is 1. The second-order valence-corrected chi connectivity index (χ2v) is 5.80. The SMILES string of the molecule is C[C@H](Oc1cccc(C#N)c1)C(=O)Nc1ccccc1-c1ccccc1. The van der Waals surface area contributed by atoms with Gasteiger partial charge in [-0.3, -0.25) is 4.79 Å². The van der Waals surface area contributed by atoms with Crippen LogP contribution in [0.2, 0.25) is 0 Å². The van der Waals surface area contributed by atoms with Crippen molar-refractivity contribution in [3.8, 4) is 22.9 Å². The molecule has 0 unspecified atom stereocenters. The van der Waals surface area contributed by atoms with Gasteiger partial charge in [-0.05, 0) is 36.8 Å². The molecule has 0 radical (unpaired) electrons. The lowest BCUT2D eigenvalue weighted by Crippen LogP contribution is -2.30. The molecule has 1 N–H and O–H groups in total. The summed E-state index contributed by atoms with van der Waals surface area (Å²) >= 11 is 0. The average molecular weight is 342 g/mol. The molecule has 0 heterocycles. The Morgan fingerprint density at radius 2 is 1.73 bits per heavy atom. The second-order valence-electron chi connectivity index (χ2n) is 5.80. The third-order valence-corrected chi connectivity index (χ3v) is 3.91. The van der Waals surface area contributed by atoms with E-state index in [1.165, 1.54) is 0 Å². The fourth-order valence-corrected chi connectivity index (χ4v) is 2.59. The van der Waals surface area contributed by atoms with Gasteiger partial charge in [0.05, 0.1) is 11.6 Å². The number of amides is 1. The molecule has 0 spiro atoms. The summed E-state index contributed by atoms with van der Waals surface area (Å²) in [5, 5.41) is 11.9. The number of nitriles is 1. The average Bonchev–Trinajstić information content (AvgIpc) is 2.69. The summed E-state index contributed by atoms with van der Waals surface area (Å²) in [4.78, 5) is 12.6. The summed E-state index contributed by atoms with van der Waals surface area (Å²) in [7, 11) is 0. The van der Waals surface area contributed by atoms with Crippen LogP contribution in [0.1, 0.15) is 12.5 Å². The molecule has 1 amide bonds. The molecule has 3 aromatic carbocycles. The zero-order chi connectivity index (χ0) is 18.4. The van der Waals surface area contributed by atoms with Crippen molar-refractivity contribution in [3.05, 3.63) is 84.4 Å². The van der Waals surface area contributed by atoms with Crippen LogP contribution in [-0.2, 0) is 4.79 Å². The minimum absolute atomic E-state index is 0.254. The van der Waals surface area contributed by atoms with Crippen LogP contribution in [0.25, 0.3) is 11.1 Å².